The maximum absolute atomic E-state index is 13.3. The zero-order chi connectivity index (χ0) is 31.3. The number of hydrogen-bond acceptors (Lipinski definition) is 9. The van der Waals surface area contributed by atoms with Crippen LogP contribution in [0.15, 0.2) is 77.7 Å². The van der Waals surface area contributed by atoms with Crippen molar-refractivity contribution in [3.63, 3.8) is 0 Å². The van der Waals surface area contributed by atoms with Crippen LogP contribution in [0.5, 0.6) is 5.75 Å². The molecule has 1 atom stereocenters. The van der Waals surface area contributed by atoms with E-state index in [4.69, 9.17) is 20.9 Å². The molecule has 0 amide bonds. The van der Waals surface area contributed by atoms with Crippen LogP contribution in [-0.4, -0.2) is 33.1 Å². The van der Waals surface area contributed by atoms with E-state index in [0.29, 0.717) is 33.1 Å². The van der Waals surface area contributed by atoms with E-state index in [-0.39, 0.29) is 23.1 Å². The van der Waals surface area contributed by atoms with E-state index in [0.717, 1.165) is 21.9 Å². The fraction of sp³-hybridized carbons (Fsp3) is 0.200. The van der Waals surface area contributed by atoms with Crippen molar-refractivity contribution in [1.82, 2.24) is 10.2 Å². The number of hydroxylamine groups is 2. The summed E-state index contributed by atoms with van der Waals surface area (Å²) in [7, 11) is 0. The number of ketones is 1. The Morgan fingerprint density at radius 3 is 2.37 bits per heavy atom. The Bertz CT molecular complexity index is 1610. The Balaban J connectivity index is 1.64. The number of thioether (sulfide) groups is 1. The van der Waals surface area contributed by atoms with Crippen molar-refractivity contribution < 1.29 is 37.5 Å². The number of thiazole rings is 1. The molecule has 0 radical (unpaired) electrons. The topological polar surface area (TPSA) is 109 Å². The molecule has 1 aromatic heterocycles. The summed E-state index contributed by atoms with van der Waals surface area (Å²) in [4.78, 5) is 19.4. The number of alkyl halides is 3. The summed E-state index contributed by atoms with van der Waals surface area (Å²) in [5.41, 5.74) is 7.89. The summed E-state index contributed by atoms with van der Waals surface area (Å²) in [6, 6.07) is 15.4. The highest BCUT2D eigenvalue weighted by atomic mass is 32.2. The Labute approximate surface area is 253 Å². The van der Waals surface area contributed by atoms with Crippen LogP contribution in [0, 0.1) is 19.7 Å². The molecule has 0 aliphatic rings. The van der Waals surface area contributed by atoms with Gasteiger partial charge in [0.2, 0.25) is 0 Å². The number of benzene rings is 3. The average Bonchev–Trinajstić information content (AvgIpc) is 3.33. The Morgan fingerprint density at radius 2 is 1.77 bits per heavy atom. The molecule has 4 rings (SSSR count). The largest absolute Gasteiger partial charge is 0.473 e. The van der Waals surface area contributed by atoms with Crippen molar-refractivity contribution in [2.24, 2.45) is 5.73 Å². The first-order chi connectivity index (χ1) is 20.3. The standard InChI is InChI=1S/C30H27F4N3O4S2/c1-17-13-24(11-12-26(17)41-16-37(39)40)42-27(15-23(38)14-25(35)19-5-9-22(31)10-6-19)28-18(2)36-29(43-28)20-3-7-21(8-4-20)30(32,33)34/h3-14,27,39-40H,15-16,35H2,1-2H3. The lowest BCUT2D eigenvalue weighted by Crippen LogP contribution is -2.20. The van der Waals surface area contributed by atoms with Gasteiger partial charge in [0, 0.05) is 33.5 Å². The molecule has 4 aromatic rings. The quantitative estimate of drug-likeness (QED) is 0.0505. The molecule has 0 spiro atoms. The lowest BCUT2D eigenvalue weighted by Gasteiger charge is -2.17. The van der Waals surface area contributed by atoms with Crippen molar-refractivity contribution >= 4 is 34.6 Å². The molecule has 226 valence electrons. The minimum absolute atomic E-state index is 0.0172. The first-order valence-electron chi connectivity index (χ1n) is 12.8. The van der Waals surface area contributed by atoms with Gasteiger partial charge in [-0.3, -0.25) is 15.2 Å². The van der Waals surface area contributed by atoms with E-state index < -0.39 is 29.5 Å². The van der Waals surface area contributed by atoms with Crippen molar-refractivity contribution in [3.8, 4) is 16.3 Å². The monoisotopic (exact) mass is 633 g/mol. The minimum Gasteiger partial charge on any atom is -0.473 e. The van der Waals surface area contributed by atoms with Crippen LogP contribution in [0.1, 0.15) is 38.9 Å². The number of halogens is 4. The highest BCUT2D eigenvalue weighted by molar-refractivity contribution is 7.99. The molecule has 0 fully saturated rings. The van der Waals surface area contributed by atoms with Crippen LogP contribution in [0.3, 0.4) is 0 Å². The highest BCUT2D eigenvalue weighted by Crippen LogP contribution is 2.45. The van der Waals surface area contributed by atoms with Gasteiger partial charge in [-0.25, -0.2) is 9.37 Å². The fourth-order valence-electron chi connectivity index (χ4n) is 4.11. The van der Waals surface area contributed by atoms with Gasteiger partial charge in [0.05, 0.1) is 16.5 Å². The molecule has 3 aromatic carbocycles. The highest BCUT2D eigenvalue weighted by Gasteiger charge is 2.30. The Morgan fingerprint density at radius 1 is 1.09 bits per heavy atom. The van der Waals surface area contributed by atoms with E-state index in [9.17, 15) is 22.4 Å². The second-order valence-corrected chi connectivity index (χ2v) is 11.8. The fourth-order valence-corrected chi connectivity index (χ4v) is 6.70. The van der Waals surface area contributed by atoms with E-state index in [1.54, 1.807) is 26.0 Å². The van der Waals surface area contributed by atoms with E-state index in [2.05, 4.69) is 4.98 Å². The van der Waals surface area contributed by atoms with Crippen molar-refractivity contribution in [3.05, 3.63) is 106 Å². The molecular weight excluding hydrogens is 606 g/mol. The summed E-state index contributed by atoms with van der Waals surface area (Å²) in [6.45, 7) is 3.10. The zero-order valence-electron chi connectivity index (χ0n) is 22.9. The van der Waals surface area contributed by atoms with Gasteiger partial charge in [0.15, 0.2) is 12.5 Å². The van der Waals surface area contributed by atoms with Crippen molar-refractivity contribution in [2.45, 2.75) is 36.6 Å². The third-order valence-electron chi connectivity index (χ3n) is 6.22. The summed E-state index contributed by atoms with van der Waals surface area (Å²) in [5.74, 6) is -0.287. The third-order valence-corrected chi connectivity index (χ3v) is 8.91. The number of aromatic nitrogens is 1. The van der Waals surface area contributed by atoms with Gasteiger partial charge in [-0.2, -0.15) is 13.2 Å². The van der Waals surface area contributed by atoms with Gasteiger partial charge in [-0.15, -0.1) is 23.1 Å². The summed E-state index contributed by atoms with van der Waals surface area (Å²) >= 11 is 2.67. The molecule has 13 heteroatoms. The average molecular weight is 634 g/mol. The maximum atomic E-state index is 13.3. The number of rotatable bonds is 11. The van der Waals surface area contributed by atoms with Gasteiger partial charge in [-0.1, -0.05) is 24.3 Å². The zero-order valence-corrected chi connectivity index (χ0v) is 24.6. The van der Waals surface area contributed by atoms with Crippen LogP contribution in [0.25, 0.3) is 16.3 Å². The van der Waals surface area contributed by atoms with Crippen LogP contribution >= 0.6 is 23.1 Å². The SMILES string of the molecule is Cc1cc(SC(CC(=O)C=C(N)c2ccc(F)cc2)c2sc(-c3ccc(C(F)(F)F)cc3)nc2C)ccc1OCN(O)O. The number of carbonyl (C=O) groups is 1. The predicted octanol–water partition coefficient (Wildman–Crippen LogP) is 7.79. The first kappa shape index (κ1) is 32.2. The van der Waals surface area contributed by atoms with Crippen molar-refractivity contribution in [1.29, 1.82) is 0 Å². The molecule has 0 bridgehead atoms. The van der Waals surface area contributed by atoms with Gasteiger partial charge >= 0.3 is 6.18 Å². The molecule has 4 N–H and O–H groups in total. The second kappa shape index (κ2) is 13.7. The number of aryl methyl sites for hydroxylation is 2. The molecule has 1 unspecified atom stereocenters. The van der Waals surface area contributed by atoms with E-state index >= 15 is 0 Å². The lowest BCUT2D eigenvalue weighted by atomic mass is 10.1. The lowest BCUT2D eigenvalue weighted by molar-refractivity contribution is -0.330. The number of nitrogens with zero attached hydrogens (tertiary/aromatic N) is 2. The normalized spacial score (nSPS) is 12.9. The predicted molar refractivity (Wildman–Crippen MR) is 156 cm³/mol. The molecule has 1 heterocycles. The molecule has 0 saturated heterocycles. The number of nitrogens with two attached hydrogens (primary N) is 1. The third kappa shape index (κ3) is 8.65. The smallest absolute Gasteiger partial charge is 0.416 e. The Kier molecular flexibility index (Phi) is 10.2. The van der Waals surface area contributed by atoms with Gasteiger partial charge < -0.3 is 10.5 Å². The molecule has 0 saturated carbocycles. The molecule has 0 aliphatic heterocycles. The number of hydrogen-bond donors (Lipinski definition) is 3. The summed E-state index contributed by atoms with van der Waals surface area (Å²) in [5, 5.41) is 17.9. The molecule has 7 nitrogen and oxygen atoms in total. The minimum atomic E-state index is -4.46. The van der Waals surface area contributed by atoms with Crippen LogP contribution in [0.2, 0.25) is 0 Å². The van der Waals surface area contributed by atoms with Gasteiger partial charge in [-0.05, 0) is 72.7 Å². The second-order valence-electron chi connectivity index (χ2n) is 9.50. The number of carbonyl (C=O) groups excluding carboxylic acids is 1. The molecule has 0 aliphatic carbocycles. The van der Waals surface area contributed by atoms with Gasteiger partial charge in [0.25, 0.3) is 0 Å². The van der Waals surface area contributed by atoms with Crippen LogP contribution in [-0.2, 0) is 11.0 Å². The molecule has 43 heavy (non-hydrogen) atoms. The van der Waals surface area contributed by atoms with Crippen molar-refractivity contribution in [2.75, 3.05) is 6.73 Å². The number of ether oxygens (including phenoxy) is 1. The van der Waals surface area contributed by atoms with E-state index in [1.165, 1.54) is 65.6 Å². The van der Waals surface area contributed by atoms with Crippen LogP contribution < -0.4 is 10.5 Å². The van der Waals surface area contributed by atoms with E-state index in [1.807, 2.05) is 6.07 Å². The van der Waals surface area contributed by atoms with Crippen LogP contribution in [0.4, 0.5) is 17.6 Å². The first-order valence-corrected chi connectivity index (χ1v) is 14.5. The Hall–Kier alpha value is -3.75. The summed E-state index contributed by atoms with van der Waals surface area (Å²) < 4.78 is 57.9. The summed E-state index contributed by atoms with van der Waals surface area (Å²) in [6.07, 6.45) is -3.14. The maximum Gasteiger partial charge on any atom is 0.416 e. The van der Waals surface area contributed by atoms with Gasteiger partial charge in [0.1, 0.15) is 16.6 Å². The molecular formula is C30H27F4N3O4S2. The number of allylic oxidation sites excluding steroid dienone is 1.